The Morgan fingerprint density at radius 2 is 2.07 bits per heavy atom. The second-order valence-electron chi connectivity index (χ2n) is 7.46. The summed E-state index contributed by atoms with van der Waals surface area (Å²) in [6.45, 7) is 4.03. The monoisotopic (exact) mass is 429 g/mol. The van der Waals surface area contributed by atoms with Crippen molar-refractivity contribution in [2.45, 2.75) is 12.0 Å². The highest BCUT2D eigenvalue weighted by molar-refractivity contribution is 7.99. The van der Waals surface area contributed by atoms with Crippen LogP contribution in [0.2, 0.25) is 0 Å². The van der Waals surface area contributed by atoms with Gasteiger partial charge in [-0.3, -0.25) is 9.69 Å². The van der Waals surface area contributed by atoms with E-state index in [0.29, 0.717) is 18.1 Å². The van der Waals surface area contributed by atoms with Crippen molar-refractivity contribution in [2.24, 2.45) is 0 Å². The van der Waals surface area contributed by atoms with Crippen molar-refractivity contribution in [2.75, 3.05) is 44.4 Å². The van der Waals surface area contributed by atoms with E-state index in [0.717, 1.165) is 59.5 Å². The largest absolute Gasteiger partial charge is 0.448 e. The molecule has 1 atom stereocenters. The summed E-state index contributed by atoms with van der Waals surface area (Å²) in [6.07, 6.45) is 1.09. The Hall–Kier alpha value is -1.87. The predicted octanol–water partition coefficient (Wildman–Crippen LogP) is 3.49. The highest BCUT2D eigenvalue weighted by Crippen LogP contribution is 2.34. The van der Waals surface area contributed by atoms with E-state index in [1.165, 1.54) is 0 Å². The number of hydrogen-bond donors (Lipinski definition) is 1. The van der Waals surface area contributed by atoms with Gasteiger partial charge in [-0.25, -0.2) is 4.98 Å². The zero-order chi connectivity index (χ0) is 19.7. The molecule has 6 nitrogen and oxygen atoms in total. The third kappa shape index (κ3) is 3.82. The Morgan fingerprint density at radius 1 is 1.21 bits per heavy atom. The minimum absolute atomic E-state index is 0.0204. The fourth-order valence-electron chi connectivity index (χ4n) is 4.02. The average molecular weight is 430 g/mol. The maximum Gasteiger partial charge on any atom is 0.287 e. The number of benzene rings is 1. The number of amides is 1. The van der Waals surface area contributed by atoms with Gasteiger partial charge in [0.2, 0.25) is 0 Å². The molecule has 2 saturated heterocycles. The molecule has 1 N–H and O–H groups in total. The normalized spacial score (nSPS) is 22.9. The summed E-state index contributed by atoms with van der Waals surface area (Å²) in [4.78, 5) is 19.9. The number of thioether (sulfide) groups is 1. The second kappa shape index (κ2) is 8.10. The van der Waals surface area contributed by atoms with E-state index in [-0.39, 0.29) is 11.4 Å². The van der Waals surface area contributed by atoms with E-state index in [4.69, 9.17) is 9.15 Å². The quantitative estimate of drug-likeness (QED) is 0.670. The van der Waals surface area contributed by atoms with Crippen LogP contribution in [0.4, 0.5) is 0 Å². The molecule has 2 fully saturated rings. The molecule has 2 aliphatic heterocycles. The van der Waals surface area contributed by atoms with Gasteiger partial charge in [-0.2, -0.15) is 11.8 Å². The molecule has 3 aromatic rings. The molecule has 5 rings (SSSR count). The van der Waals surface area contributed by atoms with Gasteiger partial charge in [-0.15, -0.1) is 11.3 Å². The topological polar surface area (TPSA) is 67.6 Å². The molecule has 2 aromatic heterocycles. The van der Waals surface area contributed by atoms with Crippen LogP contribution in [-0.2, 0) is 4.74 Å². The van der Waals surface area contributed by atoms with Crippen molar-refractivity contribution in [1.82, 2.24) is 15.2 Å². The molecule has 152 valence electrons. The molecule has 0 unspecified atom stereocenters. The maximum absolute atomic E-state index is 12.8. The van der Waals surface area contributed by atoms with Gasteiger partial charge in [0.25, 0.3) is 5.91 Å². The first kappa shape index (κ1) is 19.1. The van der Waals surface area contributed by atoms with Crippen molar-refractivity contribution in [3.8, 4) is 10.8 Å². The highest BCUT2D eigenvalue weighted by atomic mass is 32.2. The molecule has 2 aliphatic rings. The number of nitrogens with zero attached hydrogens (tertiary/aromatic N) is 2. The molecule has 4 heterocycles. The summed E-state index contributed by atoms with van der Waals surface area (Å²) in [5, 5.41) is 3.92. The minimum Gasteiger partial charge on any atom is -0.448 e. The summed E-state index contributed by atoms with van der Waals surface area (Å²) >= 11 is 3.53. The van der Waals surface area contributed by atoms with Crippen LogP contribution >= 0.6 is 23.1 Å². The van der Waals surface area contributed by atoms with Gasteiger partial charge >= 0.3 is 0 Å². The Morgan fingerprint density at radius 3 is 2.86 bits per heavy atom. The van der Waals surface area contributed by atoms with Crippen molar-refractivity contribution in [3.63, 3.8) is 0 Å². The summed E-state index contributed by atoms with van der Waals surface area (Å²) in [6, 6.07) is 11.6. The fourth-order valence-corrected chi connectivity index (χ4v) is 6.42. The number of para-hydroxylation sites is 1. The first-order chi connectivity index (χ1) is 14.2. The summed E-state index contributed by atoms with van der Waals surface area (Å²) in [5.74, 6) is 2.98. The maximum atomic E-state index is 12.8. The molecule has 8 heteroatoms. The standard InChI is InChI=1S/C21H23N3O3S2/c25-19(22-13-21(7-12-28-14-21)24-8-10-26-11-9-24)16-5-6-17(27-16)20-23-15-3-1-2-4-18(15)29-20/h1-6H,7-14H2,(H,22,25)/t21-/m1/s1. The van der Waals surface area contributed by atoms with Gasteiger partial charge < -0.3 is 14.5 Å². The number of carbonyl (C=O) groups is 1. The number of ether oxygens (including phenoxy) is 1. The number of furan rings is 1. The smallest absolute Gasteiger partial charge is 0.287 e. The van der Waals surface area contributed by atoms with Crippen LogP contribution in [0.25, 0.3) is 21.0 Å². The number of carbonyl (C=O) groups excluding carboxylic acids is 1. The number of thiazole rings is 1. The minimum atomic E-state index is -0.165. The lowest BCUT2D eigenvalue weighted by Crippen LogP contribution is -2.59. The molecule has 1 aromatic carbocycles. The average Bonchev–Trinajstić information content (AvgIpc) is 3.52. The third-order valence-corrected chi connectivity index (χ3v) is 7.96. The van der Waals surface area contributed by atoms with Crippen molar-refractivity contribution in [1.29, 1.82) is 0 Å². The van der Waals surface area contributed by atoms with E-state index in [1.54, 1.807) is 17.4 Å². The van der Waals surface area contributed by atoms with E-state index >= 15 is 0 Å². The zero-order valence-corrected chi connectivity index (χ0v) is 17.7. The number of rotatable bonds is 5. The van der Waals surface area contributed by atoms with Crippen LogP contribution in [-0.4, -0.2) is 65.7 Å². The Bertz CT molecular complexity index is 970. The van der Waals surface area contributed by atoms with Crippen LogP contribution in [0.3, 0.4) is 0 Å². The summed E-state index contributed by atoms with van der Waals surface area (Å²) in [7, 11) is 0. The molecule has 0 spiro atoms. The first-order valence-corrected chi connectivity index (χ1v) is 11.9. The van der Waals surface area contributed by atoms with Gasteiger partial charge in [-0.1, -0.05) is 12.1 Å². The Labute approximate surface area is 177 Å². The number of fused-ring (bicyclic) bond motifs is 1. The molecule has 0 aliphatic carbocycles. The van der Waals surface area contributed by atoms with Gasteiger partial charge in [0.1, 0.15) is 0 Å². The number of nitrogens with one attached hydrogen (secondary N) is 1. The number of aromatic nitrogens is 1. The van der Waals surface area contributed by atoms with Gasteiger partial charge in [0.15, 0.2) is 16.5 Å². The van der Waals surface area contributed by atoms with E-state index in [9.17, 15) is 4.79 Å². The summed E-state index contributed by atoms with van der Waals surface area (Å²) < 4.78 is 12.5. The molecular formula is C21H23N3O3S2. The van der Waals surface area contributed by atoms with E-state index in [2.05, 4.69) is 15.2 Å². The SMILES string of the molecule is O=C(NC[C@]1(N2CCOCC2)CCSC1)c1ccc(-c2nc3ccccc3s2)o1. The fraction of sp³-hybridized carbons (Fsp3) is 0.429. The zero-order valence-electron chi connectivity index (χ0n) is 16.1. The lowest BCUT2D eigenvalue weighted by atomic mass is 9.95. The molecule has 1 amide bonds. The van der Waals surface area contributed by atoms with Crippen LogP contribution in [0.15, 0.2) is 40.8 Å². The Kier molecular flexibility index (Phi) is 5.34. The van der Waals surface area contributed by atoms with Crippen molar-refractivity contribution < 1.29 is 13.9 Å². The van der Waals surface area contributed by atoms with Crippen LogP contribution in [0, 0.1) is 0 Å². The molecular weight excluding hydrogens is 406 g/mol. The Balaban J connectivity index is 1.28. The highest BCUT2D eigenvalue weighted by Gasteiger charge is 2.41. The lowest BCUT2D eigenvalue weighted by molar-refractivity contribution is -0.0129. The molecule has 0 radical (unpaired) electrons. The lowest BCUT2D eigenvalue weighted by Gasteiger charge is -2.42. The van der Waals surface area contributed by atoms with Crippen molar-refractivity contribution >= 4 is 39.2 Å². The van der Waals surface area contributed by atoms with Crippen molar-refractivity contribution in [3.05, 3.63) is 42.2 Å². The van der Waals surface area contributed by atoms with Crippen LogP contribution in [0.5, 0.6) is 0 Å². The van der Waals surface area contributed by atoms with Crippen LogP contribution < -0.4 is 5.32 Å². The molecule has 0 saturated carbocycles. The van der Waals surface area contributed by atoms with E-state index in [1.807, 2.05) is 42.1 Å². The second-order valence-corrected chi connectivity index (χ2v) is 9.60. The molecule has 0 bridgehead atoms. The van der Waals surface area contributed by atoms with Crippen LogP contribution in [0.1, 0.15) is 17.0 Å². The van der Waals surface area contributed by atoms with E-state index < -0.39 is 0 Å². The molecule has 29 heavy (non-hydrogen) atoms. The summed E-state index contributed by atoms with van der Waals surface area (Å²) in [5.41, 5.74) is 0.966. The first-order valence-electron chi connectivity index (χ1n) is 9.88. The van der Waals surface area contributed by atoms with Gasteiger partial charge in [0.05, 0.1) is 23.4 Å². The number of morpholine rings is 1. The van der Waals surface area contributed by atoms with Gasteiger partial charge in [-0.05, 0) is 36.4 Å². The van der Waals surface area contributed by atoms with Gasteiger partial charge in [0, 0.05) is 30.9 Å². The third-order valence-electron chi connectivity index (χ3n) is 5.68. The predicted molar refractivity (Wildman–Crippen MR) is 117 cm³/mol. The number of hydrogen-bond acceptors (Lipinski definition) is 7.